The van der Waals surface area contributed by atoms with E-state index in [2.05, 4.69) is 0 Å². The number of carbonyl (C=O) groups is 1. The van der Waals surface area contributed by atoms with Crippen LogP contribution < -0.4 is 4.74 Å². The number of aliphatic hydroxyl groups excluding tert-OH is 1. The average Bonchev–Trinajstić information content (AvgIpc) is 2.49. The Morgan fingerprint density at radius 2 is 1.90 bits per heavy atom. The number of nitrogens with zero attached hydrogens (tertiary/aromatic N) is 1. The van der Waals surface area contributed by atoms with Gasteiger partial charge >= 0.3 is 0 Å². The third-order valence-electron chi connectivity index (χ3n) is 3.86. The van der Waals surface area contributed by atoms with E-state index < -0.39 is 5.60 Å². The zero-order valence-corrected chi connectivity index (χ0v) is 12.5. The molecule has 1 aliphatic heterocycles. The summed E-state index contributed by atoms with van der Waals surface area (Å²) in [5.41, 5.74) is -0.996. The van der Waals surface area contributed by atoms with Crippen LogP contribution in [0.1, 0.15) is 26.7 Å². The van der Waals surface area contributed by atoms with Gasteiger partial charge in [-0.1, -0.05) is 0 Å². The molecule has 4 nitrogen and oxygen atoms in total. The minimum atomic E-state index is -0.996. The lowest BCUT2D eigenvalue weighted by Crippen LogP contribution is -2.51. The highest BCUT2D eigenvalue weighted by Gasteiger charge is 2.35. The van der Waals surface area contributed by atoms with Crippen molar-refractivity contribution >= 4 is 5.91 Å². The molecule has 0 aliphatic carbocycles. The van der Waals surface area contributed by atoms with Crippen molar-refractivity contribution in [1.82, 2.24) is 4.90 Å². The Balaban J connectivity index is 1.98. The molecular formula is C16H22FNO3. The van der Waals surface area contributed by atoms with E-state index in [1.807, 2.05) is 0 Å². The Morgan fingerprint density at radius 1 is 1.33 bits per heavy atom. The van der Waals surface area contributed by atoms with Gasteiger partial charge in [-0.3, -0.25) is 4.79 Å². The van der Waals surface area contributed by atoms with Gasteiger partial charge in [0.1, 0.15) is 11.6 Å². The normalized spacial score (nSPS) is 16.9. The number of halogens is 1. The predicted molar refractivity (Wildman–Crippen MR) is 77.5 cm³/mol. The van der Waals surface area contributed by atoms with Crippen LogP contribution in [0.5, 0.6) is 5.75 Å². The molecule has 0 aromatic heterocycles. The number of rotatable bonds is 4. The van der Waals surface area contributed by atoms with Gasteiger partial charge in [0, 0.05) is 19.7 Å². The number of amides is 1. The van der Waals surface area contributed by atoms with Gasteiger partial charge in [-0.25, -0.2) is 4.39 Å². The van der Waals surface area contributed by atoms with Gasteiger partial charge in [-0.15, -0.1) is 0 Å². The molecule has 5 heteroatoms. The summed E-state index contributed by atoms with van der Waals surface area (Å²) >= 11 is 0. The topological polar surface area (TPSA) is 49.8 Å². The highest BCUT2D eigenvalue weighted by Crippen LogP contribution is 2.24. The Morgan fingerprint density at radius 3 is 2.43 bits per heavy atom. The van der Waals surface area contributed by atoms with E-state index in [9.17, 15) is 9.18 Å². The maximum atomic E-state index is 12.9. The Labute approximate surface area is 124 Å². The van der Waals surface area contributed by atoms with Crippen LogP contribution in [0.15, 0.2) is 24.3 Å². The van der Waals surface area contributed by atoms with Crippen LogP contribution in [0, 0.1) is 11.7 Å². The van der Waals surface area contributed by atoms with E-state index in [0.29, 0.717) is 18.8 Å². The molecule has 0 radical (unpaired) electrons. The lowest BCUT2D eigenvalue weighted by atomic mass is 9.96. The van der Waals surface area contributed by atoms with Crippen molar-refractivity contribution in [1.29, 1.82) is 0 Å². The summed E-state index contributed by atoms with van der Waals surface area (Å²) in [5, 5.41) is 9.13. The summed E-state index contributed by atoms with van der Waals surface area (Å²) in [6.45, 7) is 4.89. The van der Waals surface area contributed by atoms with E-state index in [1.165, 1.54) is 24.3 Å². The molecule has 0 saturated carbocycles. The summed E-state index contributed by atoms with van der Waals surface area (Å²) in [5.74, 6) is 0.343. The summed E-state index contributed by atoms with van der Waals surface area (Å²) in [4.78, 5) is 14.3. The fourth-order valence-corrected chi connectivity index (χ4v) is 2.54. The van der Waals surface area contributed by atoms with Crippen LogP contribution in [0.25, 0.3) is 0 Å². The predicted octanol–water partition coefficient (Wildman–Crippen LogP) is 2.21. The maximum Gasteiger partial charge on any atom is 0.266 e. The molecule has 2 rings (SSSR count). The number of benzene rings is 1. The molecule has 0 atom stereocenters. The fourth-order valence-electron chi connectivity index (χ4n) is 2.54. The van der Waals surface area contributed by atoms with Gasteiger partial charge < -0.3 is 14.7 Å². The van der Waals surface area contributed by atoms with Crippen LogP contribution in [0.2, 0.25) is 0 Å². The number of ether oxygens (including phenoxy) is 1. The van der Waals surface area contributed by atoms with Crippen molar-refractivity contribution in [3.8, 4) is 5.75 Å². The van der Waals surface area contributed by atoms with Crippen LogP contribution in [0.3, 0.4) is 0 Å². The zero-order chi connectivity index (χ0) is 15.5. The lowest BCUT2D eigenvalue weighted by molar-refractivity contribution is -0.147. The summed E-state index contributed by atoms with van der Waals surface area (Å²) in [6, 6.07) is 5.65. The number of hydrogen-bond acceptors (Lipinski definition) is 3. The summed E-state index contributed by atoms with van der Waals surface area (Å²) < 4.78 is 18.6. The molecule has 1 heterocycles. The first-order chi connectivity index (χ1) is 9.92. The molecule has 0 spiro atoms. The van der Waals surface area contributed by atoms with Gasteiger partial charge in [0.25, 0.3) is 5.91 Å². The number of aliphatic hydroxyl groups is 1. The molecule has 0 unspecified atom stereocenters. The number of carbonyl (C=O) groups excluding carboxylic acids is 1. The van der Waals surface area contributed by atoms with E-state index in [4.69, 9.17) is 9.84 Å². The first-order valence-electron chi connectivity index (χ1n) is 7.27. The summed E-state index contributed by atoms with van der Waals surface area (Å²) in [6.07, 6.45) is 1.63. The number of piperidine rings is 1. The fraction of sp³-hybridized carbons (Fsp3) is 0.562. The molecule has 1 amide bonds. The first kappa shape index (κ1) is 15.8. The smallest absolute Gasteiger partial charge is 0.266 e. The van der Waals surface area contributed by atoms with Crippen molar-refractivity contribution in [2.24, 2.45) is 5.92 Å². The second-order valence-corrected chi connectivity index (χ2v) is 5.98. The second-order valence-electron chi connectivity index (χ2n) is 5.98. The molecule has 21 heavy (non-hydrogen) atoms. The van der Waals surface area contributed by atoms with Crippen LogP contribution >= 0.6 is 0 Å². The molecule has 1 aromatic carbocycles. The molecule has 1 aromatic rings. The molecule has 1 saturated heterocycles. The lowest BCUT2D eigenvalue weighted by Gasteiger charge is -2.36. The van der Waals surface area contributed by atoms with Crippen molar-refractivity contribution < 1.29 is 19.0 Å². The molecule has 1 aliphatic rings. The van der Waals surface area contributed by atoms with Gasteiger partial charge in [-0.05, 0) is 56.9 Å². The van der Waals surface area contributed by atoms with E-state index in [0.717, 1.165) is 12.8 Å². The largest absolute Gasteiger partial charge is 0.478 e. The van der Waals surface area contributed by atoms with Crippen molar-refractivity contribution in [3.05, 3.63) is 30.1 Å². The third-order valence-corrected chi connectivity index (χ3v) is 3.86. The van der Waals surface area contributed by atoms with Crippen LogP contribution in [0.4, 0.5) is 4.39 Å². The molecular weight excluding hydrogens is 273 g/mol. The second kappa shape index (κ2) is 6.43. The minimum absolute atomic E-state index is 0.0804. The van der Waals surface area contributed by atoms with E-state index in [1.54, 1.807) is 18.7 Å². The quantitative estimate of drug-likeness (QED) is 0.926. The van der Waals surface area contributed by atoms with Crippen molar-refractivity contribution in [2.45, 2.75) is 32.3 Å². The van der Waals surface area contributed by atoms with Crippen LogP contribution in [-0.2, 0) is 4.79 Å². The molecule has 0 bridgehead atoms. The van der Waals surface area contributed by atoms with Gasteiger partial charge in [0.05, 0.1) is 0 Å². The van der Waals surface area contributed by atoms with Gasteiger partial charge in [0.15, 0.2) is 5.60 Å². The Kier molecular flexibility index (Phi) is 4.83. The summed E-state index contributed by atoms with van der Waals surface area (Å²) in [7, 11) is 0. The standard InChI is InChI=1S/C16H22FNO3/c1-16(2,21-14-5-3-13(17)4-6-14)15(20)18-9-7-12(11-19)8-10-18/h3-6,12,19H,7-11H2,1-2H3. The molecule has 116 valence electrons. The average molecular weight is 295 g/mol. The number of likely N-dealkylation sites (tertiary alicyclic amines) is 1. The monoisotopic (exact) mass is 295 g/mol. The Hall–Kier alpha value is -1.62. The third kappa shape index (κ3) is 3.94. The van der Waals surface area contributed by atoms with Gasteiger partial charge in [-0.2, -0.15) is 0 Å². The van der Waals surface area contributed by atoms with Crippen LogP contribution in [-0.4, -0.2) is 41.2 Å². The minimum Gasteiger partial charge on any atom is -0.478 e. The first-order valence-corrected chi connectivity index (χ1v) is 7.27. The maximum absolute atomic E-state index is 12.9. The van der Waals surface area contributed by atoms with Crippen molar-refractivity contribution in [3.63, 3.8) is 0 Å². The Bertz CT molecular complexity index is 479. The SMILES string of the molecule is CC(C)(Oc1ccc(F)cc1)C(=O)N1CCC(CO)CC1. The van der Waals surface area contributed by atoms with Gasteiger partial charge in [0.2, 0.25) is 0 Å². The zero-order valence-electron chi connectivity index (χ0n) is 12.5. The molecule has 1 N–H and O–H groups in total. The highest BCUT2D eigenvalue weighted by atomic mass is 19.1. The van der Waals surface area contributed by atoms with E-state index in [-0.39, 0.29) is 24.2 Å². The molecule has 1 fully saturated rings. The van der Waals surface area contributed by atoms with E-state index >= 15 is 0 Å². The highest BCUT2D eigenvalue weighted by molar-refractivity contribution is 5.84. The van der Waals surface area contributed by atoms with Crippen molar-refractivity contribution in [2.75, 3.05) is 19.7 Å². The number of hydrogen-bond donors (Lipinski definition) is 1.